The highest BCUT2D eigenvalue weighted by Crippen LogP contribution is 2.23. The predicted octanol–water partition coefficient (Wildman–Crippen LogP) is 2.26. The number of H-pyrrole nitrogens is 1. The molecule has 1 aromatic carbocycles. The van der Waals surface area contributed by atoms with Crippen molar-refractivity contribution in [3.63, 3.8) is 0 Å². The molecule has 0 aliphatic heterocycles. The number of imidazole rings is 1. The second-order valence-electron chi connectivity index (χ2n) is 3.52. The predicted molar refractivity (Wildman–Crippen MR) is 66.5 cm³/mol. The highest BCUT2D eigenvalue weighted by Gasteiger charge is 2.10. The van der Waals surface area contributed by atoms with Crippen LogP contribution in [0.5, 0.6) is 0 Å². The maximum Gasteiger partial charge on any atom is 0.223 e. The van der Waals surface area contributed by atoms with Gasteiger partial charge in [0, 0.05) is 5.56 Å². The maximum atomic E-state index is 5.96. The van der Waals surface area contributed by atoms with Gasteiger partial charge in [-0.1, -0.05) is 41.9 Å². The van der Waals surface area contributed by atoms with Gasteiger partial charge in [-0.05, 0) is 0 Å². The Morgan fingerprint density at radius 3 is 2.59 bits per heavy atom. The molecule has 3 aromatic rings. The van der Waals surface area contributed by atoms with Gasteiger partial charge in [0.1, 0.15) is 11.3 Å². The van der Waals surface area contributed by atoms with E-state index in [1.54, 1.807) is 0 Å². The minimum absolute atomic E-state index is 0.119. The quantitative estimate of drug-likeness (QED) is 0.645. The lowest BCUT2D eigenvalue weighted by Crippen LogP contribution is -1.94. The van der Waals surface area contributed by atoms with E-state index in [0.717, 1.165) is 5.56 Å². The van der Waals surface area contributed by atoms with E-state index in [9.17, 15) is 0 Å². The fourth-order valence-corrected chi connectivity index (χ4v) is 1.83. The molecule has 17 heavy (non-hydrogen) atoms. The first-order valence-corrected chi connectivity index (χ1v) is 5.36. The van der Waals surface area contributed by atoms with E-state index >= 15 is 0 Å². The third-order valence-corrected chi connectivity index (χ3v) is 2.64. The van der Waals surface area contributed by atoms with Crippen LogP contribution in [0, 0.1) is 0 Å². The summed E-state index contributed by atoms with van der Waals surface area (Å²) in [6, 6.07) is 9.70. The molecule has 2 aromatic heterocycles. The number of nitrogens with two attached hydrogens (primary N) is 1. The minimum Gasteiger partial charge on any atom is -0.368 e. The maximum absolute atomic E-state index is 5.96. The molecule has 0 unspecified atom stereocenters. The molecule has 0 bridgehead atoms. The van der Waals surface area contributed by atoms with Crippen molar-refractivity contribution in [3.8, 4) is 11.4 Å². The summed E-state index contributed by atoms with van der Waals surface area (Å²) < 4.78 is 0. The number of fused-ring (bicyclic) bond motifs is 1. The number of nitrogens with zero attached hydrogens (tertiary/aromatic N) is 3. The van der Waals surface area contributed by atoms with E-state index < -0.39 is 0 Å². The number of halogens is 1. The molecule has 5 nitrogen and oxygen atoms in total. The van der Waals surface area contributed by atoms with E-state index in [-0.39, 0.29) is 11.1 Å². The second-order valence-corrected chi connectivity index (χ2v) is 3.88. The largest absolute Gasteiger partial charge is 0.368 e. The Hall–Kier alpha value is -2.14. The van der Waals surface area contributed by atoms with Crippen molar-refractivity contribution < 1.29 is 0 Å². The SMILES string of the molecule is Nc1nc(Cl)c2[nH]c(-c3ccccc3)nc2n1. The summed E-state index contributed by atoms with van der Waals surface area (Å²) in [6.45, 7) is 0. The number of aromatic amines is 1. The molecule has 6 heteroatoms. The number of hydrogen-bond donors (Lipinski definition) is 2. The number of rotatable bonds is 1. The third-order valence-electron chi connectivity index (χ3n) is 2.37. The van der Waals surface area contributed by atoms with Crippen molar-refractivity contribution in [1.82, 2.24) is 19.9 Å². The Balaban J connectivity index is 2.24. The molecule has 0 amide bonds. The van der Waals surface area contributed by atoms with Crippen LogP contribution in [-0.2, 0) is 0 Å². The van der Waals surface area contributed by atoms with Crippen molar-refractivity contribution in [2.75, 3.05) is 5.73 Å². The fraction of sp³-hybridized carbons (Fsp3) is 0. The standard InChI is InChI=1S/C11H8ClN5/c12-8-7-10(17-11(13)15-8)16-9(14-7)6-4-2-1-3-5-6/h1-5H,(H3,13,14,15,16,17). The lowest BCUT2D eigenvalue weighted by molar-refractivity contribution is 1.22. The molecule has 0 spiro atoms. The van der Waals surface area contributed by atoms with Gasteiger partial charge in [0.25, 0.3) is 0 Å². The van der Waals surface area contributed by atoms with Crippen LogP contribution in [0.3, 0.4) is 0 Å². The van der Waals surface area contributed by atoms with E-state index in [2.05, 4.69) is 19.9 Å². The molecule has 0 aliphatic carbocycles. The lowest BCUT2D eigenvalue weighted by atomic mass is 10.2. The first-order chi connectivity index (χ1) is 8.24. The summed E-state index contributed by atoms with van der Waals surface area (Å²) in [7, 11) is 0. The van der Waals surface area contributed by atoms with Crippen LogP contribution in [0.4, 0.5) is 5.95 Å². The summed E-state index contributed by atoms with van der Waals surface area (Å²) >= 11 is 5.96. The van der Waals surface area contributed by atoms with E-state index in [0.29, 0.717) is 17.0 Å². The minimum atomic E-state index is 0.119. The van der Waals surface area contributed by atoms with Gasteiger partial charge in [-0.25, -0.2) is 4.98 Å². The lowest BCUT2D eigenvalue weighted by Gasteiger charge is -1.93. The van der Waals surface area contributed by atoms with E-state index in [1.165, 1.54) is 0 Å². The number of anilines is 1. The van der Waals surface area contributed by atoms with Gasteiger partial charge < -0.3 is 10.7 Å². The Bertz CT molecular complexity index is 677. The van der Waals surface area contributed by atoms with Gasteiger partial charge >= 0.3 is 0 Å². The van der Waals surface area contributed by atoms with Gasteiger partial charge in [0.05, 0.1) is 0 Å². The van der Waals surface area contributed by atoms with Crippen LogP contribution in [-0.4, -0.2) is 19.9 Å². The van der Waals surface area contributed by atoms with Crippen LogP contribution in [0.25, 0.3) is 22.6 Å². The summed E-state index contributed by atoms with van der Waals surface area (Å²) in [5, 5.41) is 0.280. The molecular formula is C11H8ClN5. The molecule has 0 saturated heterocycles. The highest BCUT2D eigenvalue weighted by atomic mass is 35.5. The molecule has 3 rings (SSSR count). The number of benzene rings is 1. The molecule has 0 fully saturated rings. The van der Waals surface area contributed by atoms with Crippen LogP contribution in [0.15, 0.2) is 30.3 Å². The van der Waals surface area contributed by atoms with E-state index in [1.807, 2.05) is 30.3 Å². The van der Waals surface area contributed by atoms with Crippen molar-refractivity contribution in [1.29, 1.82) is 0 Å². The summed E-state index contributed by atoms with van der Waals surface area (Å²) in [5.41, 5.74) is 7.54. The number of hydrogen-bond acceptors (Lipinski definition) is 4. The monoisotopic (exact) mass is 245 g/mol. The molecule has 2 heterocycles. The average Bonchev–Trinajstić information content (AvgIpc) is 2.74. The molecule has 0 radical (unpaired) electrons. The van der Waals surface area contributed by atoms with Crippen molar-refractivity contribution >= 4 is 28.7 Å². The Kier molecular flexibility index (Phi) is 2.19. The first-order valence-electron chi connectivity index (χ1n) is 4.98. The van der Waals surface area contributed by atoms with Gasteiger partial charge in [-0.3, -0.25) is 0 Å². The highest BCUT2D eigenvalue weighted by molar-refractivity contribution is 6.33. The zero-order valence-corrected chi connectivity index (χ0v) is 9.44. The Morgan fingerprint density at radius 2 is 1.82 bits per heavy atom. The van der Waals surface area contributed by atoms with Crippen molar-refractivity contribution in [2.24, 2.45) is 0 Å². The summed E-state index contributed by atoms with van der Waals surface area (Å²) in [5.74, 6) is 0.816. The first kappa shape index (κ1) is 10.0. The second kappa shape index (κ2) is 3.71. The average molecular weight is 246 g/mol. The van der Waals surface area contributed by atoms with Gasteiger partial charge in [0.2, 0.25) is 5.95 Å². The Labute approximate surface area is 102 Å². The topological polar surface area (TPSA) is 80.5 Å². The van der Waals surface area contributed by atoms with Crippen molar-refractivity contribution in [2.45, 2.75) is 0 Å². The van der Waals surface area contributed by atoms with Gasteiger partial charge in [0.15, 0.2) is 10.8 Å². The normalized spacial score (nSPS) is 10.9. The molecule has 0 aliphatic rings. The smallest absolute Gasteiger partial charge is 0.223 e. The van der Waals surface area contributed by atoms with Gasteiger partial charge in [-0.2, -0.15) is 9.97 Å². The number of nitrogen functional groups attached to an aromatic ring is 1. The molecule has 84 valence electrons. The van der Waals surface area contributed by atoms with E-state index in [4.69, 9.17) is 17.3 Å². The number of nitrogens with one attached hydrogen (secondary N) is 1. The zero-order chi connectivity index (χ0) is 11.8. The van der Waals surface area contributed by atoms with Crippen LogP contribution in [0.1, 0.15) is 0 Å². The van der Waals surface area contributed by atoms with Gasteiger partial charge in [-0.15, -0.1) is 0 Å². The molecule has 0 atom stereocenters. The zero-order valence-electron chi connectivity index (χ0n) is 8.68. The summed E-state index contributed by atoms with van der Waals surface area (Å²) in [6.07, 6.45) is 0. The molecule has 3 N–H and O–H groups in total. The molecule has 0 saturated carbocycles. The van der Waals surface area contributed by atoms with Crippen LogP contribution in [0.2, 0.25) is 5.15 Å². The third kappa shape index (κ3) is 1.70. The van der Waals surface area contributed by atoms with Crippen LogP contribution < -0.4 is 5.73 Å². The fourth-order valence-electron chi connectivity index (χ4n) is 1.61. The number of aromatic nitrogens is 4. The molecular weight excluding hydrogens is 238 g/mol. The van der Waals surface area contributed by atoms with Crippen molar-refractivity contribution in [3.05, 3.63) is 35.5 Å². The summed E-state index contributed by atoms with van der Waals surface area (Å²) in [4.78, 5) is 15.3. The Morgan fingerprint density at radius 1 is 1.06 bits per heavy atom. The van der Waals surface area contributed by atoms with Crippen LogP contribution >= 0.6 is 11.6 Å².